The Morgan fingerprint density at radius 2 is 2.05 bits per heavy atom. The van der Waals surface area contributed by atoms with Crippen LogP contribution in [0.1, 0.15) is 52.4 Å². The predicted molar refractivity (Wildman–Crippen MR) is 82.5 cm³/mol. The number of hydrogen-bond donors (Lipinski definition) is 1. The molecule has 0 aromatic heterocycles. The topological polar surface area (TPSA) is 49.6 Å². The van der Waals surface area contributed by atoms with Gasteiger partial charge in [0.05, 0.1) is 6.04 Å². The molecule has 0 aromatic rings. The van der Waals surface area contributed by atoms with Gasteiger partial charge in [-0.2, -0.15) is 0 Å². The van der Waals surface area contributed by atoms with Crippen LogP contribution in [0.2, 0.25) is 0 Å². The monoisotopic (exact) mass is 281 g/mol. The molecule has 2 aliphatic rings. The summed E-state index contributed by atoms with van der Waals surface area (Å²) in [6, 6.07) is 0.412. The van der Waals surface area contributed by atoms with Crippen molar-refractivity contribution in [3.63, 3.8) is 0 Å². The number of piperidine rings is 2. The van der Waals surface area contributed by atoms with Gasteiger partial charge in [0.25, 0.3) is 0 Å². The van der Waals surface area contributed by atoms with Crippen LogP contribution in [0.3, 0.4) is 0 Å². The molecule has 0 spiro atoms. The molecule has 0 aromatic carbocycles. The molecule has 2 heterocycles. The summed E-state index contributed by atoms with van der Waals surface area (Å²) in [7, 11) is 0. The highest BCUT2D eigenvalue weighted by molar-refractivity contribution is 5.81. The summed E-state index contributed by atoms with van der Waals surface area (Å²) in [4.78, 5) is 16.9. The Bertz CT molecular complexity index is 321. The Hall–Kier alpha value is -0.610. The van der Waals surface area contributed by atoms with Gasteiger partial charge in [0.2, 0.25) is 5.91 Å². The molecule has 4 heteroatoms. The maximum Gasteiger partial charge on any atom is 0.239 e. The molecule has 0 saturated carbocycles. The number of nitrogens with zero attached hydrogens (tertiary/aromatic N) is 2. The number of hydrogen-bond acceptors (Lipinski definition) is 3. The van der Waals surface area contributed by atoms with E-state index in [9.17, 15) is 4.79 Å². The van der Waals surface area contributed by atoms with Gasteiger partial charge in [0.1, 0.15) is 0 Å². The van der Waals surface area contributed by atoms with Crippen LogP contribution < -0.4 is 5.73 Å². The number of amides is 1. The van der Waals surface area contributed by atoms with E-state index in [-0.39, 0.29) is 11.9 Å². The zero-order chi connectivity index (χ0) is 14.5. The van der Waals surface area contributed by atoms with Crippen molar-refractivity contribution >= 4 is 5.91 Å². The SMILES string of the molecule is CC[C@H](N)C(=O)N1CCC[C@H](CN2CCCC[C@H]2C)C1. The zero-order valence-electron chi connectivity index (χ0n) is 13.2. The minimum atomic E-state index is -0.303. The molecule has 0 unspecified atom stereocenters. The quantitative estimate of drug-likeness (QED) is 0.855. The third kappa shape index (κ3) is 3.95. The molecular weight excluding hydrogens is 250 g/mol. The van der Waals surface area contributed by atoms with Crippen molar-refractivity contribution in [1.82, 2.24) is 9.80 Å². The van der Waals surface area contributed by atoms with Crippen LogP contribution in [0.4, 0.5) is 0 Å². The van der Waals surface area contributed by atoms with Gasteiger partial charge >= 0.3 is 0 Å². The lowest BCUT2D eigenvalue weighted by Gasteiger charge is -2.40. The molecule has 2 rings (SSSR count). The fourth-order valence-corrected chi connectivity index (χ4v) is 3.58. The molecule has 3 atom stereocenters. The second-order valence-corrected chi connectivity index (χ2v) is 6.65. The smallest absolute Gasteiger partial charge is 0.239 e. The molecule has 2 saturated heterocycles. The molecule has 4 nitrogen and oxygen atoms in total. The normalized spacial score (nSPS) is 30.2. The summed E-state index contributed by atoms with van der Waals surface area (Å²) in [6.07, 6.45) is 7.17. The number of carbonyl (C=O) groups excluding carboxylic acids is 1. The van der Waals surface area contributed by atoms with E-state index >= 15 is 0 Å². The Kier molecular flexibility index (Phi) is 5.85. The van der Waals surface area contributed by atoms with Crippen molar-refractivity contribution in [2.24, 2.45) is 11.7 Å². The second kappa shape index (κ2) is 7.41. The van der Waals surface area contributed by atoms with Crippen LogP contribution in [0, 0.1) is 5.92 Å². The third-order valence-electron chi connectivity index (χ3n) is 5.02. The molecule has 2 N–H and O–H groups in total. The number of carbonyl (C=O) groups is 1. The maximum absolute atomic E-state index is 12.2. The number of likely N-dealkylation sites (tertiary alicyclic amines) is 2. The fourth-order valence-electron chi connectivity index (χ4n) is 3.58. The van der Waals surface area contributed by atoms with Crippen molar-refractivity contribution < 1.29 is 4.79 Å². The van der Waals surface area contributed by atoms with Gasteiger partial charge < -0.3 is 15.5 Å². The van der Waals surface area contributed by atoms with E-state index < -0.39 is 0 Å². The number of nitrogens with two attached hydrogens (primary N) is 1. The standard InChI is InChI=1S/C16H31N3O/c1-3-15(17)16(20)19-10-6-8-14(12-19)11-18-9-5-4-7-13(18)2/h13-15H,3-12,17H2,1-2H3/t13-,14-,15+/m1/s1. The minimum Gasteiger partial charge on any atom is -0.341 e. The van der Waals surface area contributed by atoms with Crippen molar-refractivity contribution in [3.05, 3.63) is 0 Å². The largest absolute Gasteiger partial charge is 0.341 e. The van der Waals surface area contributed by atoms with Gasteiger partial charge in [-0.25, -0.2) is 0 Å². The van der Waals surface area contributed by atoms with E-state index in [1.54, 1.807) is 0 Å². The highest BCUT2D eigenvalue weighted by Gasteiger charge is 2.29. The first-order chi connectivity index (χ1) is 9.61. The summed E-state index contributed by atoms with van der Waals surface area (Å²) in [5.74, 6) is 0.793. The van der Waals surface area contributed by atoms with Gasteiger partial charge in [-0.05, 0) is 51.5 Å². The van der Waals surface area contributed by atoms with E-state index in [4.69, 9.17) is 5.73 Å². The van der Waals surface area contributed by atoms with Gasteiger partial charge in [0.15, 0.2) is 0 Å². The average Bonchev–Trinajstić information content (AvgIpc) is 2.48. The Labute approximate surface area is 123 Å². The van der Waals surface area contributed by atoms with Gasteiger partial charge in [-0.1, -0.05) is 13.3 Å². The van der Waals surface area contributed by atoms with Crippen LogP contribution >= 0.6 is 0 Å². The van der Waals surface area contributed by atoms with Gasteiger partial charge in [0, 0.05) is 25.7 Å². The molecule has 0 bridgehead atoms. The summed E-state index contributed by atoms with van der Waals surface area (Å²) < 4.78 is 0. The van der Waals surface area contributed by atoms with Gasteiger partial charge in [-0.15, -0.1) is 0 Å². The molecule has 2 aliphatic heterocycles. The zero-order valence-corrected chi connectivity index (χ0v) is 13.2. The molecule has 20 heavy (non-hydrogen) atoms. The molecule has 2 fully saturated rings. The van der Waals surface area contributed by atoms with E-state index in [0.717, 1.165) is 32.5 Å². The number of rotatable bonds is 4. The van der Waals surface area contributed by atoms with Crippen LogP contribution in [-0.2, 0) is 4.79 Å². The summed E-state index contributed by atoms with van der Waals surface area (Å²) in [5.41, 5.74) is 5.90. The fraction of sp³-hybridized carbons (Fsp3) is 0.938. The first-order valence-corrected chi connectivity index (χ1v) is 8.40. The van der Waals surface area contributed by atoms with Crippen LogP contribution in [0.5, 0.6) is 0 Å². The van der Waals surface area contributed by atoms with Gasteiger partial charge in [-0.3, -0.25) is 4.79 Å². The second-order valence-electron chi connectivity index (χ2n) is 6.65. The lowest BCUT2D eigenvalue weighted by atomic mass is 9.94. The van der Waals surface area contributed by atoms with E-state index in [1.807, 2.05) is 11.8 Å². The van der Waals surface area contributed by atoms with E-state index in [0.29, 0.717) is 12.0 Å². The first kappa shape index (κ1) is 15.8. The highest BCUT2D eigenvalue weighted by atomic mass is 16.2. The summed E-state index contributed by atoms with van der Waals surface area (Å²) in [5, 5.41) is 0. The van der Waals surface area contributed by atoms with Crippen LogP contribution in [0.25, 0.3) is 0 Å². The molecular formula is C16H31N3O. The van der Waals surface area contributed by atoms with Crippen LogP contribution in [-0.4, -0.2) is 54.0 Å². The average molecular weight is 281 g/mol. The van der Waals surface area contributed by atoms with Crippen molar-refractivity contribution in [2.45, 2.75) is 64.5 Å². The van der Waals surface area contributed by atoms with E-state index in [1.165, 1.54) is 32.2 Å². The highest BCUT2D eigenvalue weighted by Crippen LogP contribution is 2.23. The van der Waals surface area contributed by atoms with Crippen LogP contribution in [0.15, 0.2) is 0 Å². The third-order valence-corrected chi connectivity index (χ3v) is 5.02. The van der Waals surface area contributed by atoms with Crippen molar-refractivity contribution in [3.8, 4) is 0 Å². The lowest BCUT2D eigenvalue weighted by molar-refractivity contribution is -0.134. The molecule has 1 amide bonds. The first-order valence-electron chi connectivity index (χ1n) is 8.40. The molecule has 116 valence electrons. The molecule has 0 aliphatic carbocycles. The minimum absolute atomic E-state index is 0.156. The summed E-state index contributed by atoms with van der Waals surface area (Å²) >= 11 is 0. The van der Waals surface area contributed by atoms with Crippen molar-refractivity contribution in [1.29, 1.82) is 0 Å². The van der Waals surface area contributed by atoms with Crippen molar-refractivity contribution in [2.75, 3.05) is 26.2 Å². The molecule has 0 radical (unpaired) electrons. The summed E-state index contributed by atoms with van der Waals surface area (Å²) in [6.45, 7) is 8.54. The predicted octanol–water partition coefficient (Wildman–Crippen LogP) is 1.84. The lowest BCUT2D eigenvalue weighted by Crippen LogP contribution is -2.50. The Morgan fingerprint density at radius 3 is 2.75 bits per heavy atom. The maximum atomic E-state index is 12.2. The Morgan fingerprint density at radius 1 is 1.25 bits per heavy atom. The Balaban J connectivity index is 1.85. The van der Waals surface area contributed by atoms with E-state index in [2.05, 4.69) is 11.8 Å².